The van der Waals surface area contributed by atoms with Gasteiger partial charge in [-0.15, -0.1) is 0 Å². The van der Waals surface area contributed by atoms with Crippen molar-refractivity contribution in [3.63, 3.8) is 0 Å². The first-order valence-electron chi connectivity index (χ1n) is 5.88. The molecule has 4 N–H and O–H groups in total. The van der Waals surface area contributed by atoms with E-state index in [-0.39, 0.29) is 11.6 Å². The van der Waals surface area contributed by atoms with E-state index in [0.29, 0.717) is 16.0 Å². The highest BCUT2D eigenvalue weighted by molar-refractivity contribution is 9.10. The molecule has 6 nitrogen and oxygen atoms in total. The Hall–Kier alpha value is -1.89. The largest absolute Gasteiger partial charge is 0.395 e. The molecule has 0 radical (unpaired) electrons. The van der Waals surface area contributed by atoms with Crippen molar-refractivity contribution in [2.24, 2.45) is 0 Å². The molecule has 0 aliphatic rings. The minimum absolute atomic E-state index is 0.208. The molecular formula is C12H14BrN5O. The molecule has 0 saturated heterocycles. The first kappa shape index (κ1) is 13.5. The van der Waals surface area contributed by atoms with Crippen LogP contribution in [0.1, 0.15) is 29.5 Å². The molecule has 2 aromatic heterocycles. The fourth-order valence-electron chi connectivity index (χ4n) is 1.66. The smallest absolute Gasteiger partial charge is 0.278 e. The molecular weight excluding hydrogens is 310 g/mol. The summed E-state index contributed by atoms with van der Waals surface area (Å²) in [5.41, 5.74) is 7.88. The first-order valence-corrected chi connectivity index (χ1v) is 6.67. The van der Waals surface area contributed by atoms with Crippen molar-refractivity contribution < 1.29 is 4.79 Å². The molecule has 2 heterocycles. The topological polar surface area (TPSA) is 96.7 Å². The van der Waals surface area contributed by atoms with Crippen LogP contribution >= 0.6 is 15.9 Å². The standard InChI is InChI=1S/C12H14BrN5O/c1-2-4-7-9(14)10(18-17-7)12(19)16-8-5-3-6-15-11(8)13/h3,5-6H,2,4,14H2,1H3,(H,16,19)(H,17,18). The number of anilines is 2. The molecule has 0 bridgehead atoms. The number of aryl methyl sites for hydroxylation is 1. The average Bonchev–Trinajstić information content (AvgIpc) is 2.75. The van der Waals surface area contributed by atoms with E-state index >= 15 is 0 Å². The number of nitrogen functional groups attached to an aromatic ring is 1. The van der Waals surface area contributed by atoms with E-state index in [9.17, 15) is 4.79 Å². The van der Waals surface area contributed by atoms with Gasteiger partial charge in [-0.05, 0) is 34.5 Å². The summed E-state index contributed by atoms with van der Waals surface area (Å²) >= 11 is 3.26. The molecule has 0 fully saturated rings. The van der Waals surface area contributed by atoms with E-state index in [1.54, 1.807) is 18.3 Å². The summed E-state index contributed by atoms with van der Waals surface area (Å²) in [5, 5.41) is 9.47. The van der Waals surface area contributed by atoms with Crippen molar-refractivity contribution in [2.75, 3.05) is 11.1 Å². The number of nitrogens with one attached hydrogen (secondary N) is 2. The van der Waals surface area contributed by atoms with Gasteiger partial charge in [0.15, 0.2) is 5.69 Å². The number of rotatable bonds is 4. The highest BCUT2D eigenvalue weighted by atomic mass is 79.9. The zero-order valence-corrected chi connectivity index (χ0v) is 12.0. The zero-order valence-electron chi connectivity index (χ0n) is 10.4. The minimum Gasteiger partial charge on any atom is -0.395 e. The predicted molar refractivity (Wildman–Crippen MR) is 76.9 cm³/mol. The molecule has 2 aromatic rings. The van der Waals surface area contributed by atoms with Gasteiger partial charge in [0, 0.05) is 6.20 Å². The maximum atomic E-state index is 12.1. The summed E-state index contributed by atoms with van der Waals surface area (Å²) in [7, 11) is 0. The number of aromatic amines is 1. The number of carbonyl (C=O) groups excluding carboxylic acids is 1. The fraction of sp³-hybridized carbons (Fsp3) is 0.250. The van der Waals surface area contributed by atoms with Crippen molar-refractivity contribution in [3.8, 4) is 0 Å². The SMILES string of the molecule is CCCc1[nH]nc(C(=O)Nc2cccnc2Br)c1N. The Morgan fingerprint density at radius 1 is 1.58 bits per heavy atom. The molecule has 7 heteroatoms. The lowest BCUT2D eigenvalue weighted by Gasteiger charge is -2.05. The lowest BCUT2D eigenvalue weighted by Crippen LogP contribution is -2.15. The summed E-state index contributed by atoms with van der Waals surface area (Å²) < 4.78 is 0.561. The van der Waals surface area contributed by atoms with Gasteiger partial charge < -0.3 is 11.1 Å². The Morgan fingerprint density at radius 3 is 3.05 bits per heavy atom. The van der Waals surface area contributed by atoms with Crippen molar-refractivity contribution >= 4 is 33.2 Å². The molecule has 0 aliphatic carbocycles. The minimum atomic E-state index is -0.357. The van der Waals surface area contributed by atoms with Crippen LogP contribution < -0.4 is 11.1 Å². The Labute approximate surface area is 118 Å². The van der Waals surface area contributed by atoms with Crippen LogP contribution in [0.5, 0.6) is 0 Å². The van der Waals surface area contributed by atoms with E-state index < -0.39 is 0 Å². The Balaban J connectivity index is 2.19. The summed E-state index contributed by atoms with van der Waals surface area (Å²) in [6.07, 6.45) is 3.33. The van der Waals surface area contributed by atoms with Crippen molar-refractivity contribution in [2.45, 2.75) is 19.8 Å². The number of hydrogen-bond donors (Lipinski definition) is 3. The molecule has 19 heavy (non-hydrogen) atoms. The lowest BCUT2D eigenvalue weighted by molar-refractivity contribution is 0.102. The quantitative estimate of drug-likeness (QED) is 0.752. The number of hydrogen-bond acceptors (Lipinski definition) is 4. The van der Waals surface area contributed by atoms with Gasteiger partial charge in [-0.25, -0.2) is 4.98 Å². The van der Waals surface area contributed by atoms with Gasteiger partial charge in [0.2, 0.25) is 0 Å². The number of halogens is 1. The second kappa shape index (κ2) is 5.83. The van der Waals surface area contributed by atoms with Crippen LogP contribution in [-0.4, -0.2) is 21.1 Å². The van der Waals surface area contributed by atoms with E-state index in [1.165, 1.54) is 0 Å². The average molecular weight is 324 g/mol. The van der Waals surface area contributed by atoms with E-state index in [2.05, 4.69) is 36.4 Å². The Bertz CT molecular complexity index is 596. The summed E-state index contributed by atoms with van der Waals surface area (Å²) in [4.78, 5) is 16.1. The van der Waals surface area contributed by atoms with Gasteiger partial charge in [-0.1, -0.05) is 13.3 Å². The third kappa shape index (κ3) is 2.93. The summed E-state index contributed by atoms with van der Waals surface area (Å²) in [6, 6.07) is 3.47. The van der Waals surface area contributed by atoms with Crippen LogP contribution in [0, 0.1) is 0 Å². The zero-order chi connectivity index (χ0) is 13.8. The summed E-state index contributed by atoms with van der Waals surface area (Å²) in [6.45, 7) is 2.03. The van der Waals surface area contributed by atoms with Gasteiger partial charge >= 0.3 is 0 Å². The molecule has 0 aromatic carbocycles. The molecule has 0 saturated carbocycles. The van der Waals surface area contributed by atoms with Crippen molar-refractivity contribution in [1.29, 1.82) is 0 Å². The van der Waals surface area contributed by atoms with Gasteiger partial charge in [0.1, 0.15) is 4.60 Å². The summed E-state index contributed by atoms with van der Waals surface area (Å²) in [5.74, 6) is -0.357. The Morgan fingerprint density at radius 2 is 2.37 bits per heavy atom. The molecule has 1 amide bonds. The van der Waals surface area contributed by atoms with Crippen LogP contribution in [0.15, 0.2) is 22.9 Å². The molecule has 100 valence electrons. The van der Waals surface area contributed by atoms with Gasteiger partial charge in [-0.3, -0.25) is 9.89 Å². The normalized spacial score (nSPS) is 10.4. The molecule has 0 atom stereocenters. The van der Waals surface area contributed by atoms with Crippen molar-refractivity contribution in [3.05, 3.63) is 34.3 Å². The third-order valence-electron chi connectivity index (χ3n) is 2.61. The van der Waals surface area contributed by atoms with Crippen LogP contribution in [0.4, 0.5) is 11.4 Å². The number of nitrogens with zero attached hydrogens (tertiary/aromatic N) is 2. The third-order valence-corrected chi connectivity index (χ3v) is 3.24. The number of pyridine rings is 1. The highest BCUT2D eigenvalue weighted by Crippen LogP contribution is 2.21. The second-order valence-corrected chi connectivity index (χ2v) is 4.76. The molecule has 2 rings (SSSR count). The number of amides is 1. The predicted octanol–water partition coefficient (Wildman–Crippen LogP) is 2.35. The maximum Gasteiger partial charge on any atom is 0.278 e. The van der Waals surface area contributed by atoms with Gasteiger partial charge in [0.25, 0.3) is 5.91 Å². The maximum absolute atomic E-state index is 12.1. The second-order valence-electron chi connectivity index (χ2n) is 4.01. The van der Waals surface area contributed by atoms with Crippen molar-refractivity contribution in [1.82, 2.24) is 15.2 Å². The Kier molecular flexibility index (Phi) is 4.16. The van der Waals surface area contributed by atoms with Crippen LogP contribution in [0.25, 0.3) is 0 Å². The van der Waals surface area contributed by atoms with Crippen LogP contribution in [0.2, 0.25) is 0 Å². The van der Waals surface area contributed by atoms with Gasteiger partial charge in [-0.2, -0.15) is 5.10 Å². The molecule has 0 aliphatic heterocycles. The van der Waals surface area contributed by atoms with E-state index in [1.807, 2.05) is 6.92 Å². The monoisotopic (exact) mass is 323 g/mol. The number of nitrogens with two attached hydrogens (primary N) is 1. The molecule has 0 unspecified atom stereocenters. The van der Waals surface area contributed by atoms with E-state index in [0.717, 1.165) is 18.5 Å². The van der Waals surface area contributed by atoms with Crippen LogP contribution in [0.3, 0.4) is 0 Å². The number of aromatic nitrogens is 3. The first-order chi connectivity index (χ1) is 9.13. The van der Waals surface area contributed by atoms with Crippen LogP contribution in [-0.2, 0) is 6.42 Å². The lowest BCUT2D eigenvalue weighted by atomic mass is 10.2. The number of H-pyrrole nitrogens is 1. The number of carbonyl (C=O) groups is 1. The van der Waals surface area contributed by atoms with Gasteiger partial charge in [0.05, 0.1) is 17.1 Å². The molecule has 0 spiro atoms. The highest BCUT2D eigenvalue weighted by Gasteiger charge is 2.17. The van der Waals surface area contributed by atoms with E-state index in [4.69, 9.17) is 5.73 Å². The fourth-order valence-corrected chi connectivity index (χ4v) is 2.01.